The van der Waals surface area contributed by atoms with Crippen LogP contribution in [-0.2, 0) is 18.9 Å². The molecule has 0 spiro atoms. The summed E-state index contributed by atoms with van der Waals surface area (Å²) in [5.41, 5.74) is 2.76. The average molecular weight is 298 g/mol. The Morgan fingerprint density at radius 1 is 1.00 bits per heavy atom. The largest absolute Gasteiger partial charge is 0.499 e. The first kappa shape index (κ1) is 18.1. The number of ether oxygens (including phenoxy) is 4. The maximum absolute atomic E-state index is 5.60. The first-order chi connectivity index (χ1) is 10.3. The Morgan fingerprint density at radius 2 is 1.76 bits per heavy atom. The van der Waals surface area contributed by atoms with E-state index in [1.165, 1.54) is 17.6 Å². The lowest BCUT2D eigenvalue weighted by molar-refractivity contribution is 0.0339. The van der Waals surface area contributed by atoms with Crippen LogP contribution < -0.4 is 0 Å². The normalized spacial score (nSPS) is 19.7. The van der Waals surface area contributed by atoms with Crippen LogP contribution in [0.5, 0.6) is 0 Å². The third-order valence-electron chi connectivity index (χ3n) is 3.45. The lowest BCUT2D eigenvalue weighted by Crippen LogP contribution is -2.08. The van der Waals surface area contributed by atoms with Crippen molar-refractivity contribution in [3.05, 3.63) is 23.2 Å². The quantitative estimate of drug-likeness (QED) is 0.454. The second-order valence-corrected chi connectivity index (χ2v) is 5.08. The molecule has 0 atom stereocenters. The Balaban J connectivity index is 2.19. The second-order valence-electron chi connectivity index (χ2n) is 5.08. The lowest BCUT2D eigenvalue weighted by Gasteiger charge is -2.20. The highest BCUT2D eigenvalue weighted by Crippen LogP contribution is 2.30. The van der Waals surface area contributed by atoms with Gasteiger partial charge in [-0.05, 0) is 57.6 Å². The van der Waals surface area contributed by atoms with Crippen LogP contribution in [0.2, 0.25) is 0 Å². The summed E-state index contributed by atoms with van der Waals surface area (Å²) < 4.78 is 21.8. The highest BCUT2D eigenvalue weighted by atomic mass is 16.5. The summed E-state index contributed by atoms with van der Waals surface area (Å²) in [6.07, 6.45) is 6.33. The smallest absolute Gasteiger partial charge is 0.111 e. The van der Waals surface area contributed by atoms with Gasteiger partial charge in [0, 0.05) is 6.61 Å². The number of hydrogen-bond acceptors (Lipinski definition) is 4. The van der Waals surface area contributed by atoms with E-state index in [9.17, 15) is 0 Å². The molecule has 0 aromatic carbocycles. The summed E-state index contributed by atoms with van der Waals surface area (Å²) in [5.74, 6) is 1.09. The Labute approximate surface area is 129 Å². The van der Waals surface area contributed by atoms with Crippen LogP contribution >= 0.6 is 0 Å². The molecule has 0 heterocycles. The molecule has 0 N–H and O–H groups in total. The fourth-order valence-corrected chi connectivity index (χ4v) is 2.35. The van der Waals surface area contributed by atoms with Gasteiger partial charge in [0.1, 0.15) is 6.61 Å². The maximum Gasteiger partial charge on any atom is 0.111 e. The van der Waals surface area contributed by atoms with Crippen LogP contribution in [0.3, 0.4) is 0 Å². The summed E-state index contributed by atoms with van der Waals surface area (Å²) in [6, 6.07) is 0. The summed E-state index contributed by atoms with van der Waals surface area (Å²) in [4.78, 5) is 0. The van der Waals surface area contributed by atoms with E-state index in [4.69, 9.17) is 18.9 Å². The maximum atomic E-state index is 5.60. The van der Waals surface area contributed by atoms with Gasteiger partial charge in [0.25, 0.3) is 0 Å². The molecule has 4 nitrogen and oxygen atoms in total. The molecule has 0 unspecified atom stereocenters. The Bertz CT molecular complexity index is 334. The highest BCUT2D eigenvalue weighted by Gasteiger charge is 2.13. The van der Waals surface area contributed by atoms with Gasteiger partial charge in [-0.25, -0.2) is 0 Å². The molecule has 0 aliphatic heterocycles. The van der Waals surface area contributed by atoms with E-state index in [2.05, 4.69) is 6.92 Å². The molecule has 0 radical (unpaired) electrons. The van der Waals surface area contributed by atoms with E-state index in [-0.39, 0.29) is 0 Å². The number of hydrogen-bond donors (Lipinski definition) is 0. The van der Waals surface area contributed by atoms with Gasteiger partial charge in [0.15, 0.2) is 0 Å². The molecule has 0 bridgehead atoms. The van der Waals surface area contributed by atoms with E-state index in [0.29, 0.717) is 26.4 Å². The van der Waals surface area contributed by atoms with Gasteiger partial charge >= 0.3 is 0 Å². The van der Waals surface area contributed by atoms with E-state index in [1.807, 2.05) is 20.1 Å². The van der Waals surface area contributed by atoms with Crippen LogP contribution in [0, 0.1) is 0 Å². The van der Waals surface area contributed by atoms with Crippen LogP contribution in [0.25, 0.3) is 0 Å². The monoisotopic (exact) mass is 298 g/mol. The summed E-state index contributed by atoms with van der Waals surface area (Å²) in [6.45, 7) is 10.0. The van der Waals surface area contributed by atoms with Crippen molar-refractivity contribution in [1.29, 1.82) is 0 Å². The van der Waals surface area contributed by atoms with Gasteiger partial charge in [-0.15, -0.1) is 0 Å². The van der Waals surface area contributed by atoms with Crippen molar-refractivity contribution in [2.75, 3.05) is 39.6 Å². The molecular weight excluding hydrogens is 268 g/mol. The molecule has 1 aliphatic rings. The summed E-state index contributed by atoms with van der Waals surface area (Å²) in [5, 5.41) is 0. The SMILES string of the molecule is CCOCCOCCO/C=C1/CCC/C(=C(\C)OCC)C1. The van der Waals surface area contributed by atoms with Gasteiger partial charge in [-0.3, -0.25) is 0 Å². The Hall–Kier alpha value is -1.00. The molecule has 0 saturated heterocycles. The zero-order valence-corrected chi connectivity index (χ0v) is 13.8. The summed E-state index contributed by atoms with van der Waals surface area (Å²) >= 11 is 0. The Morgan fingerprint density at radius 3 is 2.52 bits per heavy atom. The van der Waals surface area contributed by atoms with Gasteiger partial charge in [0.05, 0.1) is 38.4 Å². The number of rotatable bonds is 10. The van der Waals surface area contributed by atoms with Crippen molar-refractivity contribution in [2.24, 2.45) is 0 Å². The van der Waals surface area contributed by atoms with Crippen LogP contribution in [-0.4, -0.2) is 39.6 Å². The molecule has 1 rings (SSSR count). The standard InChI is InChI=1S/C17H30O4/c1-4-18-9-10-19-11-12-20-14-16-7-6-8-17(13-16)15(3)21-5-2/h14H,4-13H2,1-3H3/b16-14-,17-15-. The van der Waals surface area contributed by atoms with Crippen molar-refractivity contribution in [2.45, 2.75) is 46.5 Å². The van der Waals surface area contributed by atoms with Gasteiger partial charge < -0.3 is 18.9 Å². The third-order valence-corrected chi connectivity index (χ3v) is 3.45. The van der Waals surface area contributed by atoms with Crippen LogP contribution in [0.15, 0.2) is 23.2 Å². The third kappa shape index (κ3) is 8.12. The minimum absolute atomic E-state index is 0.596. The minimum Gasteiger partial charge on any atom is -0.499 e. The number of allylic oxidation sites excluding steroid dienone is 3. The van der Waals surface area contributed by atoms with Crippen molar-refractivity contribution < 1.29 is 18.9 Å². The molecule has 4 heteroatoms. The van der Waals surface area contributed by atoms with Crippen LogP contribution in [0.1, 0.15) is 46.5 Å². The fourth-order valence-electron chi connectivity index (χ4n) is 2.35. The lowest BCUT2D eigenvalue weighted by atomic mass is 9.90. The molecule has 0 aromatic heterocycles. The van der Waals surface area contributed by atoms with Crippen molar-refractivity contribution >= 4 is 0 Å². The average Bonchev–Trinajstić information content (AvgIpc) is 2.50. The van der Waals surface area contributed by atoms with E-state index >= 15 is 0 Å². The summed E-state index contributed by atoms with van der Waals surface area (Å²) in [7, 11) is 0. The molecule has 1 aliphatic carbocycles. The van der Waals surface area contributed by atoms with E-state index in [0.717, 1.165) is 38.2 Å². The molecular formula is C17H30O4. The predicted molar refractivity (Wildman–Crippen MR) is 84.1 cm³/mol. The molecule has 1 fully saturated rings. The fraction of sp³-hybridized carbons (Fsp3) is 0.765. The van der Waals surface area contributed by atoms with E-state index < -0.39 is 0 Å². The second kappa shape index (κ2) is 11.6. The highest BCUT2D eigenvalue weighted by molar-refractivity contribution is 5.20. The van der Waals surface area contributed by atoms with Crippen LogP contribution in [0.4, 0.5) is 0 Å². The van der Waals surface area contributed by atoms with Gasteiger partial charge in [-0.2, -0.15) is 0 Å². The zero-order valence-electron chi connectivity index (χ0n) is 13.8. The van der Waals surface area contributed by atoms with Crippen molar-refractivity contribution in [3.63, 3.8) is 0 Å². The molecule has 0 aromatic rings. The van der Waals surface area contributed by atoms with Gasteiger partial charge in [-0.1, -0.05) is 0 Å². The van der Waals surface area contributed by atoms with Crippen molar-refractivity contribution in [3.8, 4) is 0 Å². The zero-order chi connectivity index (χ0) is 15.3. The van der Waals surface area contributed by atoms with Crippen molar-refractivity contribution in [1.82, 2.24) is 0 Å². The molecule has 21 heavy (non-hydrogen) atoms. The minimum atomic E-state index is 0.596. The molecule has 122 valence electrons. The molecule has 0 amide bonds. The topological polar surface area (TPSA) is 36.9 Å². The predicted octanol–water partition coefficient (Wildman–Crippen LogP) is 3.82. The first-order valence-electron chi connectivity index (χ1n) is 8.04. The Kier molecular flexibility index (Phi) is 10.0. The van der Waals surface area contributed by atoms with Gasteiger partial charge in [0.2, 0.25) is 0 Å². The first-order valence-corrected chi connectivity index (χ1v) is 8.04. The van der Waals surface area contributed by atoms with E-state index in [1.54, 1.807) is 0 Å². The molecule has 1 saturated carbocycles.